The summed E-state index contributed by atoms with van der Waals surface area (Å²) in [4.78, 5) is 9.70. The molecule has 0 spiro atoms. The second-order valence-corrected chi connectivity index (χ2v) is 14.3. The third-order valence-electron chi connectivity index (χ3n) is 10.6. The summed E-state index contributed by atoms with van der Waals surface area (Å²) < 4.78 is 88.5. The third kappa shape index (κ3) is 7.15. The number of fused-ring (bicyclic) bond motifs is 3. The van der Waals surface area contributed by atoms with Crippen molar-refractivity contribution in [1.82, 2.24) is 9.88 Å². The number of alkyl halides is 6. The van der Waals surface area contributed by atoms with Gasteiger partial charge in [-0.3, -0.25) is 0 Å². The van der Waals surface area contributed by atoms with E-state index in [0.29, 0.717) is 50.4 Å². The van der Waals surface area contributed by atoms with E-state index in [-0.39, 0.29) is 33.7 Å². The molecule has 0 radical (unpaired) electrons. The van der Waals surface area contributed by atoms with Crippen molar-refractivity contribution >= 4 is 44.9 Å². The van der Waals surface area contributed by atoms with Crippen LogP contribution in [-0.4, -0.2) is 28.6 Å². The first-order valence-corrected chi connectivity index (χ1v) is 18.9. The Labute approximate surface area is 344 Å². The summed E-state index contributed by atoms with van der Waals surface area (Å²) in [5, 5.41) is 24.7. The SMILES string of the molecule is N#Cc1ccc(-c2ccc3c4ccccc4n(-c4ccc(=C5CC=C(C(F)(F)F)C=C5C(F)(F)F)c(=C5N=C(c6ccccc6)N=C(c6ccccc6)N5)c4)c3c2)c(C#N)c1. The van der Waals surface area contributed by atoms with Gasteiger partial charge in [-0.05, 0) is 70.8 Å². The summed E-state index contributed by atoms with van der Waals surface area (Å²) in [6.45, 7) is 0. The van der Waals surface area contributed by atoms with Gasteiger partial charge in [0.15, 0.2) is 5.84 Å². The quantitative estimate of drug-likeness (QED) is 0.180. The van der Waals surface area contributed by atoms with E-state index >= 15 is 0 Å². The molecule has 2 heterocycles. The third-order valence-corrected chi connectivity index (χ3v) is 10.6. The van der Waals surface area contributed by atoms with Crippen LogP contribution in [0.4, 0.5) is 26.3 Å². The molecule has 296 valence electrons. The molecule has 0 bridgehead atoms. The lowest BCUT2D eigenvalue weighted by Gasteiger charge is -2.22. The van der Waals surface area contributed by atoms with Crippen LogP contribution in [0.1, 0.15) is 28.7 Å². The number of rotatable bonds is 4. The zero-order valence-corrected chi connectivity index (χ0v) is 31.6. The van der Waals surface area contributed by atoms with Gasteiger partial charge in [-0.15, -0.1) is 0 Å². The summed E-state index contributed by atoms with van der Waals surface area (Å²) in [7, 11) is 0. The molecule has 6 aromatic carbocycles. The molecule has 0 saturated carbocycles. The highest BCUT2D eigenvalue weighted by molar-refractivity contribution is 6.16. The minimum absolute atomic E-state index is 0.0236. The lowest BCUT2D eigenvalue weighted by Crippen LogP contribution is -2.39. The van der Waals surface area contributed by atoms with E-state index in [4.69, 9.17) is 9.98 Å². The normalized spacial score (nSPS) is 16.2. The van der Waals surface area contributed by atoms with Crippen LogP contribution in [0.5, 0.6) is 0 Å². The van der Waals surface area contributed by atoms with Crippen molar-refractivity contribution in [2.24, 2.45) is 9.98 Å². The topological polar surface area (TPSA) is 89.3 Å². The second-order valence-electron chi connectivity index (χ2n) is 14.3. The van der Waals surface area contributed by atoms with Gasteiger partial charge in [0.1, 0.15) is 11.7 Å². The van der Waals surface area contributed by atoms with E-state index < -0.39 is 29.9 Å². The molecule has 0 unspecified atom stereocenters. The number of allylic oxidation sites excluding steroid dienone is 4. The van der Waals surface area contributed by atoms with E-state index in [9.17, 15) is 36.9 Å². The van der Waals surface area contributed by atoms with Gasteiger partial charge in [0, 0.05) is 32.8 Å². The fourth-order valence-electron chi connectivity index (χ4n) is 7.82. The number of hydrogen-bond donors (Lipinski definition) is 1. The van der Waals surface area contributed by atoms with Crippen LogP contribution in [0.25, 0.3) is 50.0 Å². The molecular formula is C49H28F6N6. The Morgan fingerprint density at radius 1 is 0.607 bits per heavy atom. The number of aliphatic imine (C=N–C) groups is 2. The molecule has 1 aliphatic carbocycles. The van der Waals surface area contributed by atoms with Gasteiger partial charge in [-0.2, -0.15) is 36.9 Å². The number of amidine groups is 2. The van der Waals surface area contributed by atoms with Gasteiger partial charge >= 0.3 is 12.4 Å². The highest BCUT2D eigenvalue weighted by atomic mass is 19.4. The molecule has 61 heavy (non-hydrogen) atoms. The summed E-state index contributed by atoms with van der Waals surface area (Å²) >= 11 is 0. The van der Waals surface area contributed by atoms with Crippen molar-refractivity contribution in [2.75, 3.05) is 0 Å². The van der Waals surface area contributed by atoms with Crippen molar-refractivity contribution in [3.8, 4) is 29.0 Å². The first-order valence-electron chi connectivity index (χ1n) is 18.9. The maximum Gasteiger partial charge on any atom is 0.416 e. The first-order chi connectivity index (χ1) is 29.4. The molecule has 1 N–H and O–H groups in total. The number of para-hydroxylation sites is 1. The lowest BCUT2D eigenvalue weighted by atomic mass is 9.90. The van der Waals surface area contributed by atoms with Crippen LogP contribution in [0.3, 0.4) is 0 Å². The van der Waals surface area contributed by atoms with Crippen LogP contribution in [0.2, 0.25) is 0 Å². The predicted octanol–water partition coefficient (Wildman–Crippen LogP) is 10.3. The monoisotopic (exact) mass is 814 g/mol. The Bertz CT molecular complexity index is 3280. The van der Waals surface area contributed by atoms with Crippen molar-refractivity contribution in [1.29, 1.82) is 10.5 Å². The molecule has 7 aromatic rings. The number of halogens is 6. The number of nitrogens with zero attached hydrogens (tertiary/aromatic N) is 5. The van der Waals surface area contributed by atoms with E-state index in [0.717, 1.165) is 22.4 Å². The average Bonchev–Trinajstić information content (AvgIpc) is 3.62. The average molecular weight is 815 g/mol. The summed E-state index contributed by atoms with van der Waals surface area (Å²) in [5.41, 5.74) is 2.03. The Morgan fingerprint density at radius 3 is 2.02 bits per heavy atom. The van der Waals surface area contributed by atoms with Gasteiger partial charge in [0.2, 0.25) is 0 Å². The van der Waals surface area contributed by atoms with Gasteiger partial charge in [-0.1, -0.05) is 109 Å². The Kier molecular flexibility index (Phi) is 9.49. The van der Waals surface area contributed by atoms with Gasteiger partial charge in [0.05, 0.1) is 45.4 Å². The smallest absolute Gasteiger partial charge is 0.324 e. The van der Waals surface area contributed by atoms with Crippen LogP contribution in [0.15, 0.2) is 173 Å². The fraction of sp³-hybridized carbons (Fsp3) is 0.0612. The molecule has 2 aliphatic rings. The molecule has 1 aliphatic heterocycles. The fourth-order valence-corrected chi connectivity index (χ4v) is 7.82. The number of hydrogen-bond acceptors (Lipinski definition) is 5. The maximum atomic E-state index is 14.9. The zero-order chi connectivity index (χ0) is 42.5. The van der Waals surface area contributed by atoms with Gasteiger partial charge < -0.3 is 9.88 Å². The van der Waals surface area contributed by atoms with Crippen molar-refractivity contribution in [3.63, 3.8) is 0 Å². The highest BCUT2D eigenvalue weighted by Gasteiger charge is 2.42. The number of nitrogens with one attached hydrogen (secondary N) is 1. The van der Waals surface area contributed by atoms with Crippen molar-refractivity contribution in [2.45, 2.75) is 18.8 Å². The molecule has 0 amide bonds. The number of nitriles is 2. The summed E-state index contributed by atoms with van der Waals surface area (Å²) in [6.07, 6.45) is -9.85. The largest absolute Gasteiger partial charge is 0.416 e. The number of aromatic nitrogens is 1. The molecule has 9 rings (SSSR count). The Balaban J connectivity index is 1.38. The van der Waals surface area contributed by atoms with Gasteiger partial charge in [0.25, 0.3) is 0 Å². The molecule has 0 saturated heterocycles. The standard InChI is InChI=1S/C49H28F6N6/c50-48(51,52)34-17-21-38(42(25-34)49(53,54)55)37-22-18-35(26-41(37)47-59-45(30-9-3-1-4-10-30)58-46(60-47)31-11-5-2-6-12-31)61-43-14-8-7-13-39(43)40-20-16-32(24-44(40)61)36-19-15-29(27-56)23-33(36)28-57/h1-20,22-26H,21H2,(H,58,59,60). The molecule has 0 fully saturated rings. The van der Waals surface area contributed by atoms with Crippen LogP contribution in [0, 0.1) is 22.7 Å². The summed E-state index contributed by atoms with van der Waals surface area (Å²) in [6, 6.07) is 45.4. The second kappa shape index (κ2) is 15.0. The minimum Gasteiger partial charge on any atom is -0.324 e. The van der Waals surface area contributed by atoms with Crippen LogP contribution in [-0.2, 0) is 0 Å². The van der Waals surface area contributed by atoms with E-state index in [2.05, 4.69) is 17.5 Å². The van der Waals surface area contributed by atoms with E-state index in [1.54, 1.807) is 48.5 Å². The molecular weight excluding hydrogens is 787 g/mol. The van der Waals surface area contributed by atoms with Gasteiger partial charge in [-0.25, -0.2) is 9.98 Å². The zero-order valence-electron chi connectivity index (χ0n) is 31.6. The lowest BCUT2D eigenvalue weighted by molar-refractivity contribution is -0.0938. The van der Waals surface area contributed by atoms with Crippen molar-refractivity contribution in [3.05, 3.63) is 196 Å². The van der Waals surface area contributed by atoms with Crippen LogP contribution < -0.4 is 15.8 Å². The maximum absolute atomic E-state index is 14.9. The molecule has 0 atom stereocenters. The molecule has 12 heteroatoms. The summed E-state index contributed by atoms with van der Waals surface area (Å²) in [5.74, 6) is 0.751. The van der Waals surface area contributed by atoms with Crippen molar-refractivity contribution < 1.29 is 26.3 Å². The highest BCUT2D eigenvalue weighted by Crippen LogP contribution is 2.41. The molecule has 1 aromatic heterocycles. The first kappa shape index (κ1) is 38.6. The van der Waals surface area contributed by atoms with Crippen LogP contribution >= 0.6 is 0 Å². The Morgan fingerprint density at radius 2 is 1.31 bits per heavy atom. The number of benzene rings is 6. The van der Waals surface area contributed by atoms with E-state index in [1.165, 1.54) is 12.1 Å². The minimum atomic E-state index is -5.13. The Hall–Kier alpha value is -7.96. The van der Waals surface area contributed by atoms with E-state index in [1.807, 2.05) is 83.4 Å². The molecule has 6 nitrogen and oxygen atoms in total. The predicted molar refractivity (Wildman–Crippen MR) is 224 cm³/mol.